The maximum Gasteiger partial charge on any atom is 0.306 e. The smallest absolute Gasteiger partial charge is 0.306 e. The van der Waals surface area contributed by atoms with E-state index in [9.17, 15) is 14.4 Å². The first-order chi connectivity index (χ1) is 32.2. The fourth-order valence-electron chi connectivity index (χ4n) is 9.11. The standard InChI is InChI=1S/C60H116O6/c1-7-55(5)47-41-35-29-23-19-15-13-11-9-10-12-14-16-20-25-33-39-45-51-60(63)66-57(53-65-59(62)50-44-38-32-27-26-30-36-42-48-56(6)8-2)52-64-58(61)49-43-37-31-24-21-17-18-22-28-34-40-46-54(3)4/h54-57H,7-53H2,1-6H3/t55?,56?,57-/m1/s1. The van der Waals surface area contributed by atoms with Crippen LogP contribution in [0.1, 0.15) is 330 Å². The number of unbranched alkanes of at least 4 members (excludes halogenated alkanes) is 34. The minimum Gasteiger partial charge on any atom is -0.462 e. The van der Waals surface area contributed by atoms with Gasteiger partial charge in [0.15, 0.2) is 6.10 Å². The zero-order valence-electron chi connectivity index (χ0n) is 45.5. The van der Waals surface area contributed by atoms with Crippen molar-refractivity contribution in [3.63, 3.8) is 0 Å². The van der Waals surface area contributed by atoms with E-state index < -0.39 is 6.10 Å². The lowest BCUT2D eigenvalue weighted by Crippen LogP contribution is -2.30. The van der Waals surface area contributed by atoms with Gasteiger partial charge in [-0.05, 0) is 37.0 Å². The third kappa shape index (κ3) is 50.3. The van der Waals surface area contributed by atoms with Crippen LogP contribution in [-0.4, -0.2) is 37.2 Å². The molecule has 392 valence electrons. The third-order valence-corrected chi connectivity index (χ3v) is 14.4. The van der Waals surface area contributed by atoms with E-state index in [1.54, 1.807) is 0 Å². The Morgan fingerprint density at radius 2 is 0.530 bits per heavy atom. The highest BCUT2D eigenvalue weighted by atomic mass is 16.6. The summed E-state index contributed by atoms with van der Waals surface area (Å²) in [7, 11) is 0. The number of ether oxygens (including phenoxy) is 3. The van der Waals surface area contributed by atoms with Crippen LogP contribution in [0.15, 0.2) is 0 Å². The van der Waals surface area contributed by atoms with Crippen LogP contribution < -0.4 is 0 Å². The van der Waals surface area contributed by atoms with Crippen LogP contribution >= 0.6 is 0 Å². The van der Waals surface area contributed by atoms with Gasteiger partial charge in [-0.25, -0.2) is 0 Å². The molecule has 0 aromatic heterocycles. The lowest BCUT2D eigenvalue weighted by Gasteiger charge is -2.18. The number of esters is 3. The van der Waals surface area contributed by atoms with Crippen molar-refractivity contribution in [1.29, 1.82) is 0 Å². The molecular formula is C60H116O6. The van der Waals surface area contributed by atoms with Gasteiger partial charge >= 0.3 is 17.9 Å². The summed E-state index contributed by atoms with van der Waals surface area (Å²) in [4.78, 5) is 38.1. The molecule has 6 heteroatoms. The van der Waals surface area contributed by atoms with Gasteiger partial charge in [-0.3, -0.25) is 14.4 Å². The number of rotatable bonds is 53. The largest absolute Gasteiger partial charge is 0.462 e. The average molecular weight is 934 g/mol. The fourth-order valence-corrected chi connectivity index (χ4v) is 9.11. The molecule has 0 aliphatic heterocycles. The van der Waals surface area contributed by atoms with Crippen LogP contribution in [0.25, 0.3) is 0 Å². The Hall–Kier alpha value is -1.59. The van der Waals surface area contributed by atoms with Gasteiger partial charge < -0.3 is 14.2 Å². The molecule has 0 rings (SSSR count). The summed E-state index contributed by atoms with van der Waals surface area (Å²) in [6.45, 7) is 13.8. The van der Waals surface area contributed by atoms with Gasteiger partial charge in [0.1, 0.15) is 13.2 Å². The van der Waals surface area contributed by atoms with E-state index in [1.165, 1.54) is 212 Å². The molecule has 0 radical (unpaired) electrons. The van der Waals surface area contributed by atoms with Crippen molar-refractivity contribution in [2.45, 2.75) is 337 Å². The molecule has 0 N–H and O–H groups in total. The molecule has 3 atom stereocenters. The molecule has 66 heavy (non-hydrogen) atoms. The van der Waals surface area contributed by atoms with Crippen LogP contribution in [0.2, 0.25) is 0 Å². The molecule has 0 saturated heterocycles. The molecule has 0 amide bonds. The van der Waals surface area contributed by atoms with Crippen molar-refractivity contribution in [2.24, 2.45) is 17.8 Å². The van der Waals surface area contributed by atoms with Crippen LogP contribution in [0.3, 0.4) is 0 Å². The number of hydrogen-bond donors (Lipinski definition) is 0. The van der Waals surface area contributed by atoms with E-state index in [2.05, 4.69) is 41.5 Å². The summed E-state index contributed by atoms with van der Waals surface area (Å²) in [5.41, 5.74) is 0. The fraction of sp³-hybridized carbons (Fsp3) is 0.950. The second-order valence-electron chi connectivity index (χ2n) is 21.6. The highest BCUT2D eigenvalue weighted by Gasteiger charge is 2.19. The predicted molar refractivity (Wildman–Crippen MR) is 284 cm³/mol. The molecule has 2 unspecified atom stereocenters. The third-order valence-electron chi connectivity index (χ3n) is 14.4. The Morgan fingerprint density at radius 1 is 0.303 bits per heavy atom. The van der Waals surface area contributed by atoms with E-state index in [4.69, 9.17) is 14.2 Å². The minimum absolute atomic E-state index is 0.0640. The minimum atomic E-state index is -0.764. The summed E-state index contributed by atoms with van der Waals surface area (Å²) >= 11 is 0. The number of carbonyl (C=O) groups excluding carboxylic acids is 3. The van der Waals surface area contributed by atoms with E-state index in [1.807, 2.05) is 0 Å². The van der Waals surface area contributed by atoms with Crippen LogP contribution in [0, 0.1) is 17.8 Å². The molecular weight excluding hydrogens is 817 g/mol. The van der Waals surface area contributed by atoms with E-state index in [-0.39, 0.29) is 31.1 Å². The number of hydrogen-bond acceptors (Lipinski definition) is 6. The topological polar surface area (TPSA) is 78.9 Å². The quantitative estimate of drug-likeness (QED) is 0.0343. The number of carbonyl (C=O) groups is 3. The maximum atomic E-state index is 12.9. The highest BCUT2D eigenvalue weighted by molar-refractivity contribution is 5.71. The lowest BCUT2D eigenvalue weighted by molar-refractivity contribution is -0.167. The molecule has 0 spiro atoms. The zero-order chi connectivity index (χ0) is 48.4. The van der Waals surface area contributed by atoms with Crippen molar-refractivity contribution in [2.75, 3.05) is 13.2 Å². The molecule has 0 heterocycles. The van der Waals surface area contributed by atoms with Gasteiger partial charge in [0.2, 0.25) is 0 Å². The summed E-state index contributed by atoms with van der Waals surface area (Å²) < 4.78 is 16.9. The van der Waals surface area contributed by atoms with Gasteiger partial charge in [-0.2, -0.15) is 0 Å². The summed E-state index contributed by atoms with van der Waals surface area (Å²) in [6, 6.07) is 0. The van der Waals surface area contributed by atoms with Gasteiger partial charge in [0.05, 0.1) is 0 Å². The normalized spacial score (nSPS) is 13.0. The summed E-state index contributed by atoms with van der Waals surface area (Å²) in [5, 5.41) is 0. The van der Waals surface area contributed by atoms with Gasteiger partial charge in [0.25, 0.3) is 0 Å². The Morgan fingerprint density at radius 3 is 0.788 bits per heavy atom. The molecule has 0 aliphatic rings. The monoisotopic (exact) mass is 933 g/mol. The van der Waals surface area contributed by atoms with Crippen molar-refractivity contribution < 1.29 is 28.6 Å². The van der Waals surface area contributed by atoms with Gasteiger partial charge in [-0.1, -0.05) is 292 Å². The van der Waals surface area contributed by atoms with Crippen LogP contribution in [0.4, 0.5) is 0 Å². The van der Waals surface area contributed by atoms with Gasteiger partial charge in [0, 0.05) is 19.3 Å². The van der Waals surface area contributed by atoms with E-state index >= 15 is 0 Å². The van der Waals surface area contributed by atoms with Crippen molar-refractivity contribution in [1.82, 2.24) is 0 Å². The summed E-state index contributed by atoms with van der Waals surface area (Å²) in [5.74, 6) is 1.74. The molecule has 0 aliphatic carbocycles. The van der Waals surface area contributed by atoms with Crippen LogP contribution in [-0.2, 0) is 28.6 Å². The van der Waals surface area contributed by atoms with Crippen molar-refractivity contribution in [3.8, 4) is 0 Å². The molecule has 0 aromatic carbocycles. The van der Waals surface area contributed by atoms with E-state index in [0.29, 0.717) is 19.3 Å². The molecule has 0 saturated carbocycles. The van der Waals surface area contributed by atoms with Crippen molar-refractivity contribution >= 4 is 17.9 Å². The maximum absolute atomic E-state index is 12.9. The molecule has 0 aromatic rings. The van der Waals surface area contributed by atoms with E-state index in [0.717, 1.165) is 75.5 Å². The predicted octanol–water partition coefficient (Wildman–Crippen LogP) is 19.5. The Bertz CT molecular complexity index is 1030. The molecule has 0 bridgehead atoms. The lowest BCUT2D eigenvalue weighted by atomic mass is 9.99. The highest BCUT2D eigenvalue weighted by Crippen LogP contribution is 2.19. The second kappa shape index (κ2) is 51.3. The van der Waals surface area contributed by atoms with Gasteiger partial charge in [-0.15, -0.1) is 0 Å². The molecule has 0 fully saturated rings. The summed E-state index contributed by atoms with van der Waals surface area (Å²) in [6.07, 6.45) is 53.8. The van der Waals surface area contributed by atoms with Crippen molar-refractivity contribution in [3.05, 3.63) is 0 Å². The van der Waals surface area contributed by atoms with Crippen LogP contribution in [0.5, 0.6) is 0 Å². The Kier molecular flexibility index (Phi) is 50.0. The first-order valence-electron chi connectivity index (χ1n) is 29.7. The molecule has 6 nitrogen and oxygen atoms in total. The average Bonchev–Trinajstić information content (AvgIpc) is 3.30. The Labute approximate surface area is 412 Å². The zero-order valence-corrected chi connectivity index (χ0v) is 45.5. The SMILES string of the molecule is CCC(C)CCCCCCCCCCCCCCCCCCCCC(=O)O[C@H](COC(=O)CCCCCCCCCCCCCC(C)C)COC(=O)CCCCCCCCCCC(C)CC. The second-order valence-corrected chi connectivity index (χ2v) is 21.6. The Balaban J connectivity index is 4.25. The first kappa shape index (κ1) is 64.4. The first-order valence-corrected chi connectivity index (χ1v) is 29.7.